The number of fused-ring (bicyclic) bond motifs is 3. The van der Waals surface area contributed by atoms with Gasteiger partial charge in [0.15, 0.2) is 0 Å². The molecule has 2 heteroatoms. The van der Waals surface area contributed by atoms with Crippen LogP contribution in [0.25, 0.3) is 22.3 Å². The normalized spacial score (nSPS) is 12.1. The second-order valence-electron chi connectivity index (χ2n) is 8.40. The second kappa shape index (κ2) is 7.88. The Morgan fingerprint density at radius 1 is 0.710 bits per heavy atom. The van der Waals surface area contributed by atoms with Crippen LogP contribution in [0.5, 0.6) is 0 Å². The van der Waals surface area contributed by atoms with E-state index in [9.17, 15) is 0 Å². The minimum Gasteiger partial charge on any atom is -0.278 e. The van der Waals surface area contributed by atoms with Gasteiger partial charge in [0, 0.05) is 5.56 Å². The Morgan fingerprint density at radius 2 is 1.32 bits per heavy atom. The lowest BCUT2D eigenvalue weighted by Gasteiger charge is -2.12. The summed E-state index contributed by atoms with van der Waals surface area (Å²) < 4.78 is 0. The van der Waals surface area contributed by atoms with E-state index in [0.717, 1.165) is 17.7 Å². The number of anilines is 1. The van der Waals surface area contributed by atoms with Crippen molar-refractivity contribution in [3.05, 3.63) is 112 Å². The monoisotopic (exact) mass is 402 g/mol. The maximum absolute atomic E-state index is 4.61. The zero-order valence-electron chi connectivity index (χ0n) is 18.2. The van der Waals surface area contributed by atoms with E-state index in [0.29, 0.717) is 0 Å². The Morgan fingerprint density at radius 3 is 2.10 bits per heavy atom. The van der Waals surface area contributed by atoms with Crippen LogP contribution in [0.4, 0.5) is 5.69 Å². The van der Waals surface area contributed by atoms with Gasteiger partial charge in [-0.2, -0.15) is 5.10 Å². The van der Waals surface area contributed by atoms with E-state index in [-0.39, 0.29) is 0 Å². The zero-order chi connectivity index (χ0) is 21.4. The summed E-state index contributed by atoms with van der Waals surface area (Å²) in [5.41, 5.74) is 17.2. The number of aryl methyl sites for hydroxylation is 3. The summed E-state index contributed by atoms with van der Waals surface area (Å²) in [6.07, 6.45) is 2.92. The van der Waals surface area contributed by atoms with Crippen LogP contribution in [-0.2, 0) is 6.42 Å². The van der Waals surface area contributed by atoms with Crippen LogP contribution < -0.4 is 5.43 Å². The lowest BCUT2D eigenvalue weighted by molar-refractivity contribution is 1.25. The number of benzene rings is 4. The van der Waals surface area contributed by atoms with Gasteiger partial charge >= 0.3 is 0 Å². The van der Waals surface area contributed by atoms with Crippen LogP contribution in [0.1, 0.15) is 33.4 Å². The van der Waals surface area contributed by atoms with Crippen molar-refractivity contribution in [2.24, 2.45) is 5.10 Å². The number of rotatable bonds is 4. The molecule has 0 unspecified atom stereocenters. The van der Waals surface area contributed by atoms with Crippen molar-refractivity contribution in [1.29, 1.82) is 0 Å². The number of nitrogens with one attached hydrogen (secondary N) is 1. The van der Waals surface area contributed by atoms with Crippen LogP contribution >= 0.6 is 0 Å². The summed E-state index contributed by atoms with van der Waals surface area (Å²) in [6.45, 7) is 6.37. The number of nitrogens with zero attached hydrogens (tertiary/aromatic N) is 1. The fourth-order valence-corrected chi connectivity index (χ4v) is 4.79. The summed E-state index contributed by atoms with van der Waals surface area (Å²) in [5, 5.41) is 4.61. The molecule has 4 aromatic rings. The van der Waals surface area contributed by atoms with E-state index in [1.165, 1.54) is 50.1 Å². The summed E-state index contributed by atoms with van der Waals surface area (Å²) in [7, 11) is 0. The number of hydrazone groups is 1. The summed E-state index contributed by atoms with van der Waals surface area (Å²) in [5.74, 6) is 0. The average Bonchev–Trinajstić information content (AvgIpc) is 3.15. The highest BCUT2D eigenvalue weighted by molar-refractivity contribution is 5.94. The maximum Gasteiger partial charge on any atom is 0.0620 e. The first-order chi connectivity index (χ1) is 15.1. The molecule has 2 nitrogen and oxygen atoms in total. The van der Waals surface area contributed by atoms with Gasteiger partial charge in [0.2, 0.25) is 0 Å². The molecule has 0 bridgehead atoms. The Balaban J connectivity index is 1.50. The molecule has 0 amide bonds. The quantitative estimate of drug-likeness (QED) is 0.248. The molecule has 1 N–H and O–H groups in total. The molecular weight excluding hydrogens is 376 g/mol. The van der Waals surface area contributed by atoms with Crippen LogP contribution in [0.2, 0.25) is 0 Å². The number of hydrogen-bond donors (Lipinski definition) is 1. The van der Waals surface area contributed by atoms with Crippen molar-refractivity contribution in [1.82, 2.24) is 0 Å². The molecule has 4 aromatic carbocycles. The van der Waals surface area contributed by atoms with Crippen molar-refractivity contribution in [3.63, 3.8) is 0 Å². The van der Waals surface area contributed by atoms with E-state index < -0.39 is 0 Å². The molecule has 0 saturated heterocycles. The van der Waals surface area contributed by atoms with Crippen LogP contribution in [0.15, 0.2) is 84.0 Å². The van der Waals surface area contributed by atoms with Crippen molar-refractivity contribution in [2.75, 3.05) is 5.43 Å². The third kappa shape index (κ3) is 3.55. The first-order valence-electron chi connectivity index (χ1n) is 10.8. The van der Waals surface area contributed by atoms with Gasteiger partial charge in [-0.25, -0.2) is 0 Å². The van der Waals surface area contributed by atoms with Crippen molar-refractivity contribution in [3.8, 4) is 22.3 Å². The van der Waals surface area contributed by atoms with Gasteiger partial charge in [0.05, 0.1) is 11.9 Å². The highest BCUT2D eigenvalue weighted by Gasteiger charge is 2.21. The van der Waals surface area contributed by atoms with Crippen LogP contribution in [-0.4, -0.2) is 6.21 Å². The molecule has 0 aromatic heterocycles. The molecule has 0 heterocycles. The summed E-state index contributed by atoms with van der Waals surface area (Å²) in [6, 6.07) is 28.3. The Bertz CT molecular complexity index is 1290. The first-order valence-corrected chi connectivity index (χ1v) is 10.8. The lowest BCUT2D eigenvalue weighted by Crippen LogP contribution is -1.98. The summed E-state index contributed by atoms with van der Waals surface area (Å²) >= 11 is 0. The molecule has 0 saturated carbocycles. The fourth-order valence-electron chi connectivity index (χ4n) is 4.79. The minimum absolute atomic E-state index is 0.979. The third-order valence-corrected chi connectivity index (χ3v) is 6.16. The Hall–Kier alpha value is -3.65. The topological polar surface area (TPSA) is 24.4 Å². The molecule has 0 radical (unpaired) electrons. The van der Waals surface area contributed by atoms with Gasteiger partial charge in [0.25, 0.3) is 0 Å². The average molecular weight is 403 g/mol. The van der Waals surface area contributed by atoms with E-state index in [2.05, 4.69) is 110 Å². The highest BCUT2D eigenvalue weighted by atomic mass is 15.3. The SMILES string of the molecule is Cc1cc(C)c(N/N=C/c2ccccc2-c2cccc3c2Cc2ccccc2-3)c(C)c1. The van der Waals surface area contributed by atoms with E-state index >= 15 is 0 Å². The maximum atomic E-state index is 4.61. The predicted octanol–water partition coefficient (Wildman–Crippen LogP) is 7.30. The van der Waals surface area contributed by atoms with E-state index in [1.807, 2.05) is 6.21 Å². The van der Waals surface area contributed by atoms with E-state index in [4.69, 9.17) is 0 Å². The van der Waals surface area contributed by atoms with Crippen molar-refractivity contribution >= 4 is 11.9 Å². The molecule has 0 fully saturated rings. The third-order valence-electron chi connectivity index (χ3n) is 6.16. The van der Waals surface area contributed by atoms with Gasteiger partial charge in [0.1, 0.15) is 0 Å². The molecule has 1 aliphatic rings. The molecule has 0 atom stereocenters. The van der Waals surface area contributed by atoms with Crippen LogP contribution in [0, 0.1) is 20.8 Å². The molecule has 5 rings (SSSR count). The Labute approximate surface area is 184 Å². The predicted molar refractivity (Wildman–Crippen MR) is 132 cm³/mol. The summed E-state index contributed by atoms with van der Waals surface area (Å²) in [4.78, 5) is 0. The van der Waals surface area contributed by atoms with Gasteiger partial charge in [-0.1, -0.05) is 84.4 Å². The molecular formula is C29H26N2. The minimum atomic E-state index is 0.979. The van der Waals surface area contributed by atoms with Gasteiger partial charge < -0.3 is 0 Å². The molecule has 31 heavy (non-hydrogen) atoms. The zero-order valence-corrected chi connectivity index (χ0v) is 18.2. The standard InChI is InChI=1S/C29H26N2/c1-19-15-20(2)29(21(3)16-19)31-30-18-23-10-5-7-12-25(23)27-14-8-13-26-24-11-6-4-9-22(24)17-28(26)27/h4-16,18,31H,17H2,1-3H3/b30-18+. The molecule has 1 aliphatic carbocycles. The van der Waals surface area contributed by atoms with Gasteiger partial charge in [-0.05, 0) is 71.7 Å². The Kier molecular flexibility index (Phi) is 4.91. The van der Waals surface area contributed by atoms with Crippen molar-refractivity contribution in [2.45, 2.75) is 27.2 Å². The highest BCUT2D eigenvalue weighted by Crippen LogP contribution is 2.41. The van der Waals surface area contributed by atoms with Gasteiger partial charge in [-0.3, -0.25) is 5.43 Å². The lowest BCUT2D eigenvalue weighted by atomic mass is 9.93. The van der Waals surface area contributed by atoms with Crippen LogP contribution in [0.3, 0.4) is 0 Å². The van der Waals surface area contributed by atoms with Gasteiger partial charge in [-0.15, -0.1) is 0 Å². The van der Waals surface area contributed by atoms with Crippen molar-refractivity contribution < 1.29 is 0 Å². The second-order valence-corrected chi connectivity index (χ2v) is 8.40. The smallest absolute Gasteiger partial charge is 0.0620 e. The molecule has 152 valence electrons. The first kappa shape index (κ1) is 19.3. The number of hydrogen-bond acceptors (Lipinski definition) is 2. The molecule has 0 aliphatic heterocycles. The van der Waals surface area contributed by atoms with E-state index in [1.54, 1.807) is 0 Å². The molecule has 0 spiro atoms. The largest absolute Gasteiger partial charge is 0.278 e. The fraction of sp³-hybridized carbons (Fsp3) is 0.138.